The minimum atomic E-state index is -3.12. The Hall–Kier alpha value is -0.660. The predicted molar refractivity (Wildman–Crippen MR) is 75.4 cm³/mol. The van der Waals surface area contributed by atoms with Gasteiger partial charge in [0.1, 0.15) is 0 Å². The van der Waals surface area contributed by atoms with Crippen molar-refractivity contribution in [1.82, 2.24) is 14.1 Å². The van der Waals surface area contributed by atoms with Crippen molar-refractivity contribution in [3.05, 3.63) is 0 Å². The topological polar surface area (TPSA) is 60.9 Å². The molecule has 1 rings (SSSR count). The van der Waals surface area contributed by atoms with E-state index in [0.29, 0.717) is 32.6 Å². The van der Waals surface area contributed by atoms with Gasteiger partial charge in [-0.3, -0.25) is 4.79 Å². The molecule has 1 aliphatic heterocycles. The standard InChI is InChI=1S/C12H25N3O3S/c1-4-13(5-2)7-6-12(16)14-8-10-15(11-9-14)19(3,17)18/h4-11H2,1-3H3. The SMILES string of the molecule is CCN(CC)CCC(=O)N1CCN(S(C)(=O)=O)CC1. The number of carbonyl (C=O) groups excluding carboxylic acids is 1. The lowest BCUT2D eigenvalue weighted by Crippen LogP contribution is -2.50. The van der Waals surface area contributed by atoms with E-state index in [0.717, 1.165) is 19.6 Å². The maximum absolute atomic E-state index is 12.0. The number of piperazine rings is 1. The molecule has 0 aromatic rings. The Bertz CT molecular complexity index is 385. The van der Waals surface area contributed by atoms with Gasteiger partial charge >= 0.3 is 0 Å². The molecule has 0 aromatic heterocycles. The molecule has 0 atom stereocenters. The summed E-state index contributed by atoms with van der Waals surface area (Å²) in [5.74, 6) is 0.125. The fourth-order valence-corrected chi connectivity index (χ4v) is 3.05. The van der Waals surface area contributed by atoms with Crippen LogP contribution in [0.2, 0.25) is 0 Å². The van der Waals surface area contributed by atoms with E-state index >= 15 is 0 Å². The van der Waals surface area contributed by atoms with E-state index in [9.17, 15) is 13.2 Å². The van der Waals surface area contributed by atoms with Crippen LogP contribution in [-0.4, -0.2) is 80.5 Å². The summed E-state index contributed by atoms with van der Waals surface area (Å²) >= 11 is 0. The van der Waals surface area contributed by atoms with Crippen LogP contribution in [0.3, 0.4) is 0 Å². The minimum absolute atomic E-state index is 0.125. The van der Waals surface area contributed by atoms with Crippen molar-refractivity contribution in [2.24, 2.45) is 0 Å². The van der Waals surface area contributed by atoms with Gasteiger partial charge in [-0.25, -0.2) is 8.42 Å². The quantitative estimate of drug-likeness (QED) is 0.681. The van der Waals surface area contributed by atoms with Crippen LogP contribution in [0.5, 0.6) is 0 Å². The lowest BCUT2D eigenvalue weighted by molar-refractivity contribution is -0.132. The molecule has 7 heteroatoms. The van der Waals surface area contributed by atoms with Gasteiger partial charge in [0.15, 0.2) is 0 Å². The molecule has 1 amide bonds. The molecule has 112 valence electrons. The number of carbonyl (C=O) groups is 1. The van der Waals surface area contributed by atoms with Crippen molar-refractivity contribution in [3.8, 4) is 0 Å². The molecule has 19 heavy (non-hydrogen) atoms. The van der Waals surface area contributed by atoms with Crippen LogP contribution in [-0.2, 0) is 14.8 Å². The van der Waals surface area contributed by atoms with Crippen LogP contribution in [0.25, 0.3) is 0 Å². The van der Waals surface area contributed by atoms with E-state index in [1.807, 2.05) is 0 Å². The molecule has 0 aliphatic carbocycles. The molecule has 0 bridgehead atoms. The van der Waals surface area contributed by atoms with Gasteiger partial charge in [0.2, 0.25) is 15.9 Å². The fraction of sp³-hybridized carbons (Fsp3) is 0.917. The summed E-state index contributed by atoms with van der Waals surface area (Å²) in [6.07, 6.45) is 1.73. The highest BCUT2D eigenvalue weighted by atomic mass is 32.2. The predicted octanol–water partition coefficient (Wildman–Crippen LogP) is -0.178. The Morgan fingerprint density at radius 1 is 1.11 bits per heavy atom. The van der Waals surface area contributed by atoms with Gasteiger partial charge in [-0.1, -0.05) is 13.8 Å². The summed E-state index contributed by atoms with van der Waals surface area (Å²) in [5.41, 5.74) is 0. The molecule has 0 saturated carbocycles. The molecule has 6 nitrogen and oxygen atoms in total. The number of hydrogen-bond donors (Lipinski definition) is 0. The van der Waals surface area contributed by atoms with Crippen molar-refractivity contribution in [2.75, 3.05) is 52.1 Å². The van der Waals surface area contributed by atoms with Crippen molar-refractivity contribution >= 4 is 15.9 Å². The fourth-order valence-electron chi connectivity index (χ4n) is 2.22. The van der Waals surface area contributed by atoms with E-state index in [4.69, 9.17) is 0 Å². The summed E-state index contributed by atoms with van der Waals surface area (Å²) < 4.78 is 24.2. The third-order valence-corrected chi connectivity index (χ3v) is 4.90. The van der Waals surface area contributed by atoms with Crippen molar-refractivity contribution in [2.45, 2.75) is 20.3 Å². The van der Waals surface area contributed by atoms with Crippen LogP contribution in [0.1, 0.15) is 20.3 Å². The summed E-state index contributed by atoms with van der Waals surface area (Å²) in [7, 11) is -3.12. The van der Waals surface area contributed by atoms with E-state index < -0.39 is 10.0 Å². The second kappa shape index (κ2) is 7.21. The number of rotatable bonds is 6. The average molecular weight is 291 g/mol. The average Bonchev–Trinajstić information content (AvgIpc) is 2.39. The zero-order chi connectivity index (χ0) is 14.5. The first-order valence-electron chi connectivity index (χ1n) is 6.83. The van der Waals surface area contributed by atoms with Gasteiger partial charge in [0.05, 0.1) is 6.26 Å². The Morgan fingerprint density at radius 3 is 2.05 bits per heavy atom. The number of hydrogen-bond acceptors (Lipinski definition) is 4. The molecule has 0 radical (unpaired) electrons. The number of sulfonamides is 1. The van der Waals surface area contributed by atoms with Crippen LogP contribution in [0.4, 0.5) is 0 Å². The second-order valence-electron chi connectivity index (χ2n) is 4.82. The van der Waals surface area contributed by atoms with Gasteiger partial charge in [-0.05, 0) is 13.1 Å². The monoisotopic (exact) mass is 291 g/mol. The second-order valence-corrected chi connectivity index (χ2v) is 6.80. The van der Waals surface area contributed by atoms with Crippen LogP contribution >= 0.6 is 0 Å². The Balaban J connectivity index is 2.37. The molecule has 1 aliphatic rings. The summed E-state index contributed by atoms with van der Waals surface area (Å²) in [4.78, 5) is 16.0. The number of nitrogens with zero attached hydrogens (tertiary/aromatic N) is 3. The summed E-state index contributed by atoms with van der Waals surface area (Å²) in [5, 5.41) is 0. The highest BCUT2D eigenvalue weighted by Crippen LogP contribution is 2.07. The Kier molecular flexibility index (Phi) is 6.22. The normalized spacial score (nSPS) is 18.0. The largest absolute Gasteiger partial charge is 0.340 e. The zero-order valence-electron chi connectivity index (χ0n) is 12.1. The van der Waals surface area contributed by atoms with Gasteiger partial charge in [0, 0.05) is 39.1 Å². The zero-order valence-corrected chi connectivity index (χ0v) is 12.9. The first-order chi connectivity index (χ1) is 8.88. The van der Waals surface area contributed by atoms with E-state index in [1.54, 1.807) is 4.90 Å². The van der Waals surface area contributed by atoms with Crippen LogP contribution < -0.4 is 0 Å². The third kappa shape index (κ3) is 5.08. The first-order valence-corrected chi connectivity index (χ1v) is 8.68. The van der Waals surface area contributed by atoms with Gasteiger partial charge in [0.25, 0.3) is 0 Å². The molecular formula is C12H25N3O3S. The van der Waals surface area contributed by atoms with Gasteiger partial charge < -0.3 is 9.80 Å². The maximum atomic E-state index is 12.0. The molecule has 0 spiro atoms. The van der Waals surface area contributed by atoms with Crippen molar-refractivity contribution in [3.63, 3.8) is 0 Å². The van der Waals surface area contributed by atoms with Crippen LogP contribution in [0, 0.1) is 0 Å². The van der Waals surface area contributed by atoms with Gasteiger partial charge in [-0.15, -0.1) is 0 Å². The highest BCUT2D eigenvalue weighted by Gasteiger charge is 2.25. The molecule has 0 unspecified atom stereocenters. The minimum Gasteiger partial charge on any atom is -0.340 e. The van der Waals surface area contributed by atoms with Crippen molar-refractivity contribution < 1.29 is 13.2 Å². The van der Waals surface area contributed by atoms with Crippen molar-refractivity contribution in [1.29, 1.82) is 0 Å². The third-order valence-electron chi connectivity index (χ3n) is 3.60. The Morgan fingerprint density at radius 2 is 1.63 bits per heavy atom. The lowest BCUT2D eigenvalue weighted by atomic mass is 10.3. The smallest absolute Gasteiger partial charge is 0.223 e. The first kappa shape index (κ1) is 16.4. The van der Waals surface area contributed by atoms with Gasteiger partial charge in [-0.2, -0.15) is 4.31 Å². The molecule has 1 saturated heterocycles. The molecule has 0 N–H and O–H groups in total. The van der Waals surface area contributed by atoms with Crippen LogP contribution in [0.15, 0.2) is 0 Å². The number of amides is 1. The molecular weight excluding hydrogens is 266 g/mol. The maximum Gasteiger partial charge on any atom is 0.223 e. The lowest BCUT2D eigenvalue weighted by Gasteiger charge is -2.33. The Labute approximate surface area is 116 Å². The molecule has 1 heterocycles. The molecule has 0 aromatic carbocycles. The summed E-state index contributed by atoms with van der Waals surface area (Å²) in [6.45, 7) is 8.67. The van der Waals surface area contributed by atoms with E-state index in [2.05, 4.69) is 18.7 Å². The van der Waals surface area contributed by atoms with E-state index in [-0.39, 0.29) is 5.91 Å². The highest BCUT2D eigenvalue weighted by molar-refractivity contribution is 7.88. The van der Waals surface area contributed by atoms with E-state index in [1.165, 1.54) is 10.6 Å². The summed E-state index contributed by atoms with van der Waals surface area (Å²) in [6, 6.07) is 0. The molecule has 1 fully saturated rings.